The number of ketones is 2. The Hall–Kier alpha value is -7.64. The van der Waals surface area contributed by atoms with Crippen LogP contribution in [0.3, 0.4) is 0 Å². The van der Waals surface area contributed by atoms with Crippen LogP contribution in [0.5, 0.6) is 34.5 Å². The molecule has 13 nitrogen and oxygen atoms in total. The molecule has 5 rings (SSSR count). The van der Waals surface area contributed by atoms with E-state index in [9.17, 15) is 55.7 Å². The van der Waals surface area contributed by atoms with E-state index in [0.29, 0.717) is 22.4 Å². The summed E-state index contributed by atoms with van der Waals surface area (Å²) in [4.78, 5) is 52.7. The Morgan fingerprint density at radius 3 is 1.46 bits per heavy atom. The number of nitrogen functional groups attached to an aromatic ring is 1. The Balaban J connectivity index is 1.18. The second-order valence-corrected chi connectivity index (χ2v) is 15.9. The normalized spacial score (nSPS) is 13.0. The molecule has 5 aromatic rings. The molecular formula is C52H49F6NO12. The first-order valence-electron chi connectivity index (χ1n) is 21.7. The van der Waals surface area contributed by atoms with Crippen molar-refractivity contribution in [2.24, 2.45) is 0 Å². The van der Waals surface area contributed by atoms with Gasteiger partial charge in [-0.15, -0.1) is 0 Å². The highest BCUT2D eigenvalue weighted by Crippen LogP contribution is 2.32. The van der Waals surface area contributed by atoms with Gasteiger partial charge in [-0.2, -0.15) is 26.3 Å². The molecule has 0 aliphatic rings. The number of aliphatic hydroxyl groups excluding tert-OH is 1. The summed E-state index contributed by atoms with van der Waals surface area (Å²) in [6, 6.07) is 26.3. The minimum absolute atomic E-state index is 0.0642. The number of ether oxygens (including phenoxy) is 6. The summed E-state index contributed by atoms with van der Waals surface area (Å²) < 4.78 is 107. The molecule has 19 heteroatoms. The monoisotopic (exact) mass is 993 g/mol. The Bertz CT molecular complexity index is 2670. The van der Waals surface area contributed by atoms with E-state index < -0.39 is 66.8 Å². The fraction of sp³-hybridized carbons (Fsp3) is 0.269. The van der Waals surface area contributed by atoms with Crippen molar-refractivity contribution in [3.05, 3.63) is 149 Å². The highest BCUT2D eigenvalue weighted by molar-refractivity contribution is 6.02. The smallest absolute Gasteiger partial charge is 0.389 e. The zero-order valence-electron chi connectivity index (χ0n) is 38.3. The van der Waals surface area contributed by atoms with Crippen LogP contribution in [0.15, 0.2) is 121 Å². The lowest BCUT2D eigenvalue weighted by molar-refractivity contribution is -0.138. The van der Waals surface area contributed by atoms with Gasteiger partial charge in [0, 0.05) is 31.4 Å². The first-order valence-corrected chi connectivity index (χ1v) is 21.7. The topological polar surface area (TPSA) is 190 Å². The molecule has 0 amide bonds. The first-order chi connectivity index (χ1) is 33.6. The number of carbonyl (C=O) groups excluding carboxylic acids is 4. The molecular weight excluding hydrogens is 945 g/mol. The third-order valence-corrected chi connectivity index (χ3v) is 10.4. The third-order valence-electron chi connectivity index (χ3n) is 10.4. The van der Waals surface area contributed by atoms with Gasteiger partial charge >= 0.3 is 24.3 Å². The van der Waals surface area contributed by atoms with Crippen LogP contribution < -0.4 is 34.2 Å². The minimum Gasteiger partial charge on any atom is -0.493 e. The van der Waals surface area contributed by atoms with Gasteiger partial charge in [0.25, 0.3) is 0 Å². The number of benzene rings is 5. The Labute approximate surface area is 404 Å². The van der Waals surface area contributed by atoms with Gasteiger partial charge in [0.15, 0.2) is 34.6 Å². The second kappa shape index (κ2) is 24.8. The Morgan fingerprint density at radius 2 is 1.04 bits per heavy atom. The van der Waals surface area contributed by atoms with Crippen molar-refractivity contribution in [2.75, 3.05) is 33.2 Å². The zero-order chi connectivity index (χ0) is 51.8. The van der Waals surface area contributed by atoms with E-state index in [0.717, 1.165) is 12.2 Å². The summed E-state index contributed by atoms with van der Waals surface area (Å²) in [7, 11) is 2.61. The molecule has 5 aromatic carbocycles. The molecule has 0 saturated carbocycles. The van der Waals surface area contributed by atoms with Gasteiger partial charge < -0.3 is 44.4 Å². The zero-order valence-corrected chi connectivity index (χ0v) is 38.3. The molecule has 0 aromatic heterocycles. The predicted molar refractivity (Wildman–Crippen MR) is 249 cm³/mol. The lowest BCUT2D eigenvalue weighted by Gasteiger charge is -2.27. The van der Waals surface area contributed by atoms with Crippen LogP contribution in [0, 0.1) is 0 Å². The highest BCUT2D eigenvalue weighted by Gasteiger charge is 2.38. The maximum Gasteiger partial charge on any atom is 0.389 e. The van der Waals surface area contributed by atoms with Gasteiger partial charge in [0.2, 0.25) is 0 Å². The number of anilines is 1. The average molecular weight is 994 g/mol. The molecule has 0 saturated heterocycles. The van der Waals surface area contributed by atoms with E-state index in [-0.39, 0.29) is 78.1 Å². The molecule has 0 fully saturated rings. The summed E-state index contributed by atoms with van der Waals surface area (Å²) >= 11 is 0. The van der Waals surface area contributed by atoms with Crippen molar-refractivity contribution in [1.82, 2.24) is 0 Å². The van der Waals surface area contributed by atoms with Crippen LogP contribution in [0.2, 0.25) is 0 Å². The largest absolute Gasteiger partial charge is 0.493 e. The SMILES string of the molecule is COc1cc(C(=O)Oc2ccc(/C=C/C(=O)C(O)CC(O)(Cc3ccc(N)cc3)C(=O)/C=C/c3ccc(OC(=O)c4ccc(OCCCC(F)(F)F)c(OC)c4)cc3)cc2)ccc1OCCCC(F)(F)F. The predicted octanol–water partition coefficient (Wildman–Crippen LogP) is 9.76. The maximum absolute atomic E-state index is 13.7. The van der Waals surface area contributed by atoms with Crippen molar-refractivity contribution in [3.8, 4) is 34.5 Å². The molecule has 376 valence electrons. The number of methoxy groups -OCH3 is 2. The molecule has 0 bridgehead atoms. The Kier molecular flexibility index (Phi) is 18.9. The second-order valence-electron chi connectivity index (χ2n) is 15.9. The van der Waals surface area contributed by atoms with E-state index in [1.165, 1.54) is 111 Å². The number of esters is 2. The van der Waals surface area contributed by atoms with Crippen LogP contribution in [0.25, 0.3) is 12.2 Å². The van der Waals surface area contributed by atoms with E-state index in [2.05, 4.69) is 0 Å². The Morgan fingerprint density at radius 1 is 0.606 bits per heavy atom. The molecule has 2 atom stereocenters. The fourth-order valence-corrected chi connectivity index (χ4v) is 6.63. The van der Waals surface area contributed by atoms with E-state index in [4.69, 9.17) is 34.2 Å². The van der Waals surface area contributed by atoms with E-state index in [1.807, 2.05) is 0 Å². The molecule has 71 heavy (non-hydrogen) atoms. The van der Waals surface area contributed by atoms with Crippen molar-refractivity contribution >= 4 is 41.3 Å². The van der Waals surface area contributed by atoms with Crippen molar-refractivity contribution in [1.29, 1.82) is 0 Å². The standard InChI is InChI=1S/C52H49F6NO12/c1-66-45-29-36(13-22-43(45)68-27-3-25-51(53,54)55)48(63)70-39-17-7-33(8-18-39)11-21-41(60)42(61)32-50(65,31-35-5-15-38(59)16-6-35)47(62)24-12-34-9-19-40(20-10-34)71-49(64)37-14-23-44(46(30-37)67-2)69-28-4-26-52(56,57)58/h5-24,29-30,42,61,65H,3-4,25-28,31-32,59H2,1-2H3/b21-11+,24-12+. The summed E-state index contributed by atoms with van der Waals surface area (Å²) in [5.74, 6) is -2.46. The highest BCUT2D eigenvalue weighted by atomic mass is 19.4. The van der Waals surface area contributed by atoms with Gasteiger partial charge in [-0.1, -0.05) is 48.6 Å². The molecule has 0 heterocycles. The molecule has 0 spiro atoms. The van der Waals surface area contributed by atoms with Gasteiger partial charge in [-0.25, -0.2) is 9.59 Å². The number of alkyl halides is 6. The van der Waals surface area contributed by atoms with Crippen molar-refractivity contribution in [3.63, 3.8) is 0 Å². The van der Waals surface area contributed by atoms with Crippen LogP contribution >= 0.6 is 0 Å². The van der Waals surface area contributed by atoms with Gasteiger partial charge in [-0.3, -0.25) is 9.59 Å². The quantitative estimate of drug-likeness (QED) is 0.0132. The van der Waals surface area contributed by atoms with E-state index in [1.54, 1.807) is 24.3 Å². The van der Waals surface area contributed by atoms with Crippen molar-refractivity contribution < 1.29 is 84.2 Å². The average Bonchev–Trinajstić information content (AvgIpc) is 3.33. The van der Waals surface area contributed by atoms with Gasteiger partial charge in [0.1, 0.15) is 23.2 Å². The van der Waals surface area contributed by atoms with Crippen LogP contribution in [0.1, 0.15) is 69.5 Å². The van der Waals surface area contributed by atoms with E-state index >= 15 is 0 Å². The number of halogens is 6. The summed E-state index contributed by atoms with van der Waals surface area (Å²) in [5.41, 5.74) is 5.48. The van der Waals surface area contributed by atoms with Gasteiger partial charge in [-0.05, 0) is 114 Å². The molecule has 2 unspecified atom stereocenters. The number of hydrogen-bond donors (Lipinski definition) is 3. The summed E-state index contributed by atoms with van der Waals surface area (Å²) in [6.07, 6.45) is -9.12. The number of carbonyl (C=O) groups is 4. The minimum atomic E-state index is -4.32. The number of aliphatic hydroxyl groups is 2. The molecule has 0 radical (unpaired) electrons. The fourth-order valence-electron chi connectivity index (χ4n) is 6.63. The van der Waals surface area contributed by atoms with Crippen LogP contribution in [0.4, 0.5) is 32.0 Å². The van der Waals surface area contributed by atoms with Crippen LogP contribution in [-0.4, -0.2) is 85.2 Å². The lowest BCUT2D eigenvalue weighted by Crippen LogP contribution is -2.44. The first kappa shape index (κ1) is 54.3. The lowest BCUT2D eigenvalue weighted by atomic mass is 9.83. The molecule has 0 aliphatic carbocycles. The molecule has 4 N–H and O–H groups in total. The number of hydrogen-bond acceptors (Lipinski definition) is 13. The molecule has 0 aliphatic heterocycles. The van der Waals surface area contributed by atoms with Crippen molar-refractivity contribution in [2.45, 2.75) is 62.6 Å². The number of rotatable bonds is 24. The maximum atomic E-state index is 13.7. The summed E-state index contributed by atoms with van der Waals surface area (Å²) in [5, 5.41) is 22.8. The van der Waals surface area contributed by atoms with Gasteiger partial charge in [0.05, 0.1) is 38.6 Å². The number of nitrogens with two attached hydrogens (primary N) is 1. The summed E-state index contributed by atoms with van der Waals surface area (Å²) in [6.45, 7) is -0.444. The third kappa shape index (κ3) is 17.4. The van der Waals surface area contributed by atoms with Crippen LogP contribution in [-0.2, 0) is 16.0 Å².